The third-order valence-electron chi connectivity index (χ3n) is 4.34. The maximum Gasteiger partial charge on any atom is 0.290 e. The van der Waals surface area contributed by atoms with Crippen molar-refractivity contribution in [1.82, 2.24) is 25.9 Å². The van der Waals surface area contributed by atoms with Crippen molar-refractivity contribution in [2.45, 2.75) is 20.4 Å². The van der Waals surface area contributed by atoms with E-state index in [0.717, 1.165) is 0 Å². The number of nitrogens with one attached hydrogen (secondary N) is 3. The molecular weight excluding hydrogens is 398 g/mol. The first-order chi connectivity index (χ1) is 14.9. The van der Waals surface area contributed by atoms with Crippen molar-refractivity contribution >= 4 is 34.6 Å². The van der Waals surface area contributed by atoms with Gasteiger partial charge in [0.25, 0.3) is 17.4 Å². The number of hydrogen-bond acceptors (Lipinski definition) is 5. The van der Waals surface area contributed by atoms with Gasteiger partial charge in [-0.3, -0.25) is 30.0 Å². The zero-order valence-corrected chi connectivity index (χ0v) is 17.0. The monoisotopic (exact) mass is 419 g/mol. The molecule has 0 aliphatic heterocycles. The van der Waals surface area contributed by atoms with Crippen LogP contribution in [0.4, 0.5) is 0 Å². The second-order valence-corrected chi connectivity index (χ2v) is 6.57. The van der Waals surface area contributed by atoms with Gasteiger partial charge in [0.2, 0.25) is 5.91 Å². The topological polar surface area (TPSA) is 122 Å². The van der Waals surface area contributed by atoms with Crippen LogP contribution in [-0.4, -0.2) is 27.5 Å². The molecule has 9 heteroatoms. The van der Waals surface area contributed by atoms with Crippen LogP contribution in [0.5, 0.6) is 0 Å². The summed E-state index contributed by atoms with van der Waals surface area (Å²) in [6.45, 7) is 3.29. The highest BCUT2D eigenvalue weighted by molar-refractivity contribution is 6.07. The standard InChI is InChI=1S/C22H21N5O4/c1-3-27-22(31)17-12-8-7-11-16(17)19(26-27)21(30)25-24-20(29)18(23-14(2)28)13-15-9-5-4-6-10-15/h4-13H,3H2,1-2H3,(H,23,28)(H,24,29)(H,25,30)/b18-13-. The van der Waals surface area contributed by atoms with E-state index in [1.165, 1.54) is 17.7 Å². The van der Waals surface area contributed by atoms with Gasteiger partial charge < -0.3 is 5.32 Å². The minimum Gasteiger partial charge on any atom is -0.322 e. The third kappa shape index (κ3) is 5.02. The number of hydrazine groups is 1. The van der Waals surface area contributed by atoms with Crippen LogP contribution in [0.25, 0.3) is 16.8 Å². The third-order valence-corrected chi connectivity index (χ3v) is 4.34. The molecule has 0 saturated carbocycles. The maximum atomic E-state index is 12.7. The number of benzene rings is 2. The lowest BCUT2D eigenvalue weighted by molar-refractivity contribution is -0.122. The highest BCUT2D eigenvalue weighted by Gasteiger charge is 2.18. The summed E-state index contributed by atoms with van der Waals surface area (Å²) in [5, 5.41) is 7.27. The molecule has 0 spiro atoms. The van der Waals surface area contributed by atoms with Crippen molar-refractivity contribution in [2.75, 3.05) is 0 Å². The lowest BCUT2D eigenvalue weighted by atomic mass is 10.1. The van der Waals surface area contributed by atoms with Gasteiger partial charge in [-0.25, -0.2) is 4.68 Å². The summed E-state index contributed by atoms with van der Waals surface area (Å²) in [6, 6.07) is 15.5. The van der Waals surface area contributed by atoms with Crippen molar-refractivity contribution in [3.05, 3.63) is 81.9 Å². The molecule has 1 heterocycles. The summed E-state index contributed by atoms with van der Waals surface area (Å²) < 4.78 is 1.18. The molecule has 31 heavy (non-hydrogen) atoms. The minimum atomic E-state index is -0.722. The lowest BCUT2D eigenvalue weighted by Gasteiger charge is -2.12. The SMILES string of the molecule is CCn1nc(C(=O)NNC(=O)/C(=C/c2ccccc2)NC(C)=O)c2ccccc2c1=O. The molecule has 0 atom stereocenters. The van der Waals surface area contributed by atoms with Gasteiger partial charge in [0, 0.05) is 18.9 Å². The summed E-state index contributed by atoms with van der Waals surface area (Å²) in [5.74, 6) is -1.86. The fraction of sp³-hybridized carbons (Fsp3) is 0.136. The number of carbonyl (C=O) groups excluding carboxylic acids is 3. The minimum absolute atomic E-state index is 0.00883. The van der Waals surface area contributed by atoms with E-state index in [1.807, 2.05) is 6.07 Å². The smallest absolute Gasteiger partial charge is 0.290 e. The molecule has 158 valence electrons. The second-order valence-electron chi connectivity index (χ2n) is 6.57. The fourth-order valence-corrected chi connectivity index (χ4v) is 2.92. The molecule has 0 fully saturated rings. The Morgan fingerprint density at radius 3 is 2.26 bits per heavy atom. The molecule has 0 aliphatic rings. The average molecular weight is 419 g/mol. The van der Waals surface area contributed by atoms with Gasteiger partial charge in [-0.1, -0.05) is 48.5 Å². The maximum absolute atomic E-state index is 12.7. The number of carbonyl (C=O) groups is 3. The zero-order chi connectivity index (χ0) is 22.4. The van der Waals surface area contributed by atoms with Crippen molar-refractivity contribution in [3.63, 3.8) is 0 Å². The van der Waals surface area contributed by atoms with Crippen LogP contribution in [0.15, 0.2) is 65.1 Å². The largest absolute Gasteiger partial charge is 0.322 e. The van der Waals surface area contributed by atoms with Crippen LogP contribution < -0.4 is 21.7 Å². The van der Waals surface area contributed by atoms with Crippen LogP contribution >= 0.6 is 0 Å². The quantitative estimate of drug-likeness (QED) is 0.426. The van der Waals surface area contributed by atoms with Crippen LogP contribution in [0, 0.1) is 0 Å². The Morgan fingerprint density at radius 1 is 0.968 bits per heavy atom. The number of fused-ring (bicyclic) bond motifs is 1. The number of rotatable bonds is 5. The predicted molar refractivity (Wildman–Crippen MR) is 116 cm³/mol. The molecule has 3 amide bonds. The van der Waals surface area contributed by atoms with Crippen molar-refractivity contribution in [3.8, 4) is 0 Å². The molecule has 2 aromatic carbocycles. The van der Waals surface area contributed by atoms with Crippen LogP contribution in [0.2, 0.25) is 0 Å². The Balaban J connectivity index is 1.85. The Kier molecular flexibility index (Phi) is 6.56. The first-order valence-electron chi connectivity index (χ1n) is 9.55. The molecule has 0 saturated heterocycles. The number of nitrogens with zero attached hydrogens (tertiary/aromatic N) is 2. The average Bonchev–Trinajstić information content (AvgIpc) is 2.77. The van der Waals surface area contributed by atoms with Crippen molar-refractivity contribution < 1.29 is 14.4 Å². The van der Waals surface area contributed by atoms with Crippen molar-refractivity contribution in [2.24, 2.45) is 0 Å². The van der Waals surface area contributed by atoms with Gasteiger partial charge in [-0.2, -0.15) is 5.10 Å². The molecule has 1 aromatic heterocycles. The van der Waals surface area contributed by atoms with E-state index >= 15 is 0 Å². The van der Waals surface area contributed by atoms with E-state index in [-0.39, 0.29) is 23.5 Å². The van der Waals surface area contributed by atoms with E-state index in [1.54, 1.807) is 55.5 Å². The van der Waals surface area contributed by atoms with Gasteiger partial charge in [-0.05, 0) is 24.6 Å². The predicted octanol–water partition coefficient (Wildman–Crippen LogP) is 1.35. The van der Waals surface area contributed by atoms with E-state index in [0.29, 0.717) is 16.3 Å². The summed E-state index contributed by atoms with van der Waals surface area (Å²) in [5.41, 5.74) is 4.89. The summed E-state index contributed by atoms with van der Waals surface area (Å²) in [6.07, 6.45) is 1.48. The Bertz CT molecular complexity index is 1230. The van der Waals surface area contributed by atoms with E-state index < -0.39 is 17.7 Å². The highest BCUT2D eigenvalue weighted by Crippen LogP contribution is 2.13. The normalized spacial score (nSPS) is 11.1. The zero-order valence-electron chi connectivity index (χ0n) is 17.0. The molecule has 3 N–H and O–H groups in total. The molecule has 3 aromatic rings. The summed E-state index contributed by atoms with van der Waals surface area (Å²) in [7, 11) is 0. The van der Waals surface area contributed by atoms with Gasteiger partial charge in [0.1, 0.15) is 5.70 Å². The number of amides is 3. The molecular formula is C22H21N5O4. The molecule has 0 bridgehead atoms. The summed E-state index contributed by atoms with van der Waals surface area (Å²) in [4.78, 5) is 49.2. The van der Waals surface area contributed by atoms with Crippen LogP contribution in [0.1, 0.15) is 29.9 Å². The van der Waals surface area contributed by atoms with E-state index in [2.05, 4.69) is 21.3 Å². The van der Waals surface area contributed by atoms with Crippen molar-refractivity contribution in [1.29, 1.82) is 0 Å². The first-order valence-corrected chi connectivity index (χ1v) is 9.55. The molecule has 0 aliphatic carbocycles. The lowest BCUT2D eigenvalue weighted by Crippen LogP contribution is -2.45. The summed E-state index contributed by atoms with van der Waals surface area (Å²) >= 11 is 0. The fourth-order valence-electron chi connectivity index (χ4n) is 2.92. The molecule has 0 radical (unpaired) electrons. The Morgan fingerprint density at radius 2 is 1.61 bits per heavy atom. The van der Waals surface area contributed by atoms with E-state index in [4.69, 9.17) is 0 Å². The van der Waals surface area contributed by atoms with Gasteiger partial charge in [0.15, 0.2) is 5.69 Å². The highest BCUT2D eigenvalue weighted by atomic mass is 16.2. The van der Waals surface area contributed by atoms with Gasteiger partial charge in [-0.15, -0.1) is 0 Å². The first kappa shape index (κ1) is 21.4. The van der Waals surface area contributed by atoms with Crippen LogP contribution in [-0.2, 0) is 16.1 Å². The second kappa shape index (κ2) is 9.49. The van der Waals surface area contributed by atoms with Gasteiger partial charge >= 0.3 is 0 Å². The van der Waals surface area contributed by atoms with Gasteiger partial charge in [0.05, 0.1) is 5.39 Å². The molecule has 3 rings (SSSR count). The van der Waals surface area contributed by atoms with Crippen LogP contribution in [0.3, 0.4) is 0 Å². The number of aromatic nitrogens is 2. The Hall–Kier alpha value is -4.27. The number of hydrogen-bond donors (Lipinski definition) is 3. The van der Waals surface area contributed by atoms with E-state index in [9.17, 15) is 19.2 Å². The number of aryl methyl sites for hydroxylation is 1. The molecule has 9 nitrogen and oxygen atoms in total. The molecule has 0 unspecified atom stereocenters. The Labute approximate surface area is 177 Å².